The highest BCUT2D eigenvalue weighted by molar-refractivity contribution is 7.89. The van der Waals surface area contributed by atoms with Crippen LogP contribution in [-0.2, 0) is 26.0 Å². The molecule has 0 aliphatic carbocycles. The SMILES string of the molecule is Nc1nccc2c(F)c(C[C@H](C(=O)O)N3CC[C@H](NS(=O)(=O)c4ccc(N5CCCC5)nc4)C3=O)ccc12. The quantitative estimate of drug-likeness (QED) is 0.384. The molecule has 1 aromatic carbocycles. The van der Waals surface area contributed by atoms with Crippen molar-refractivity contribution in [3.8, 4) is 0 Å². The molecule has 2 aliphatic heterocycles. The molecule has 2 saturated heterocycles. The first kappa shape index (κ1) is 25.8. The highest BCUT2D eigenvalue weighted by atomic mass is 32.2. The van der Waals surface area contributed by atoms with Crippen LogP contribution in [0.25, 0.3) is 10.8 Å². The van der Waals surface area contributed by atoms with Gasteiger partial charge in [-0.15, -0.1) is 0 Å². The van der Waals surface area contributed by atoms with Crippen molar-refractivity contribution in [1.29, 1.82) is 0 Å². The smallest absolute Gasteiger partial charge is 0.326 e. The Morgan fingerprint density at radius 1 is 1.13 bits per heavy atom. The molecule has 0 unspecified atom stereocenters. The number of nitrogens with one attached hydrogen (secondary N) is 1. The highest BCUT2D eigenvalue weighted by Crippen LogP contribution is 2.27. The van der Waals surface area contributed by atoms with Crippen molar-refractivity contribution in [1.82, 2.24) is 19.6 Å². The maximum atomic E-state index is 15.2. The predicted molar refractivity (Wildman–Crippen MR) is 137 cm³/mol. The van der Waals surface area contributed by atoms with Crippen molar-refractivity contribution < 1.29 is 27.5 Å². The fourth-order valence-corrected chi connectivity index (χ4v) is 6.19. The Balaban J connectivity index is 1.31. The number of sulfonamides is 1. The number of hydrogen-bond acceptors (Lipinski definition) is 8. The molecular formula is C25H27FN6O5S. The van der Waals surface area contributed by atoms with Crippen molar-refractivity contribution in [2.75, 3.05) is 30.3 Å². The van der Waals surface area contributed by atoms with Gasteiger partial charge < -0.3 is 20.6 Å². The minimum Gasteiger partial charge on any atom is -0.480 e. The Hall–Kier alpha value is -3.84. The third kappa shape index (κ3) is 4.86. The summed E-state index contributed by atoms with van der Waals surface area (Å²) in [7, 11) is -4.08. The number of fused-ring (bicyclic) bond motifs is 1. The second-order valence-corrected chi connectivity index (χ2v) is 11.1. The monoisotopic (exact) mass is 542 g/mol. The zero-order chi connectivity index (χ0) is 27.0. The van der Waals surface area contributed by atoms with E-state index in [4.69, 9.17) is 5.73 Å². The normalized spacial score (nSPS) is 18.9. The summed E-state index contributed by atoms with van der Waals surface area (Å²) in [5.74, 6) is -1.81. The number of carbonyl (C=O) groups excluding carboxylic acids is 1. The first-order valence-corrected chi connectivity index (χ1v) is 13.7. The van der Waals surface area contributed by atoms with E-state index in [2.05, 4.69) is 19.6 Å². The van der Waals surface area contributed by atoms with Crippen LogP contribution in [0.15, 0.2) is 47.6 Å². The molecule has 0 bridgehead atoms. The van der Waals surface area contributed by atoms with E-state index in [1.807, 2.05) is 0 Å². The van der Waals surface area contributed by atoms with Crippen LogP contribution in [0.2, 0.25) is 0 Å². The number of nitrogen functional groups attached to an aromatic ring is 1. The number of benzene rings is 1. The molecule has 13 heteroatoms. The number of likely N-dealkylation sites (tertiary alicyclic amines) is 1. The van der Waals surface area contributed by atoms with Crippen molar-refractivity contribution in [3.05, 3.63) is 54.1 Å². The zero-order valence-electron chi connectivity index (χ0n) is 20.4. The summed E-state index contributed by atoms with van der Waals surface area (Å²) < 4.78 is 43.5. The number of nitrogens with zero attached hydrogens (tertiary/aromatic N) is 4. The van der Waals surface area contributed by atoms with E-state index in [1.165, 1.54) is 30.6 Å². The van der Waals surface area contributed by atoms with E-state index in [-0.39, 0.29) is 41.0 Å². The number of amides is 1. The van der Waals surface area contributed by atoms with Crippen molar-refractivity contribution in [3.63, 3.8) is 0 Å². The Morgan fingerprint density at radius 2 is 1.89 bits per heavy atom. The maximum Gasteiger partial charge on any atom is 0.326 e. The number of aliphatic carboxylic acids is 1. The summed E-state index contributed by atoms with van der Waals surface area (Å²) in [6, 6.07) is 4.96. The van der Waals surface area contributed by atoms with Crippen LogP contribution in [0.3, 0.4) is 0 Å². The number of carboxylic acids is 1. The summed E-state index contributed by atoms with van der Waals surface area (Å²) in [5, 5.41) is 10.5. The molecular weight excluding hydrogens is 515 g/mol. The molecule has 4 heterocycles. The summed E-state index contributed by atoms with van der Waals surface area (Å²) >= 11 is 0. The molecule has 1 amide bonds. The molecule has 2 atom stereocenters. The summed E-state index contributed by atoms with van der Waals surface area (Å²) in [6.45, 7) is 1.73. The minimum absolute atomic E-state index is 0.00119. The Morgan fingerprint density at radius 3 is 2.58 bits per heavy atom. The van der Waals surface area contributed by atoms with E-state index in [1.54, 1.807) is 12.1 Å². The molecule has 2 fully saturated rings. The number of rotatable bonds is 8. The largest absolute Gasteiger partial charge is 0.480 e. The summed E-state index contributed by atoms with van der Waals surface area (Å²) in [5.41, 5.74) is 5.89. The average molecular weight is 543 g/mol. The topological polar surface area (TPSA) is 159 Å². The standard InChI is InChI=1S/C25H27FN6O5S/c26-22-15(3-5-18-17(22)7-9-28-23(18)27)13-20(25(34)35)32-12-8-19(24(32)33)30-38(36,37)16-4-6-21(29-14-16)31-10-1-2-11-31/h3-7,9,14,19-20,30H,1-2,8,10-13H2,(H2,27,28)(H,34,35)/t19-,20+/m0/s1. The van der Waals surface area contributed by atoms with Crippen LogP contribution >= 0.6 is 0 Å². The fourth-order valence-electron chi connectivity index (χ4n) is 5.02. The molecule has 3 aromatic rings. The lowest BCUT2D eigenvalue weighted by molar-refractivity contribution is -0.148. The second-order valence-electron chi connectivity index (χ2n) is 9.43. The van der Waals surface area contributed by atoms with Gasteiger partial charge in [0.25, 0.3) is 0 Å². The van der Waals surface area contributed by atoms with Gasteiger partial charge >= 0.3 is 5.97 Å². The lowest BCUT2D eigenvalue weighted by atomic mass is 10.0. The molecule has 0 radical (unpaired) electrons. The van der Waals surface area contributed by atoms with Gasteiger partial charge in [-0.2, -0.15) is 4.72 Å². The molecule has 11 nitrogen and oxygen atoms in total. The van der Waals surface area contributed by atoms with E-state index in [0.29, 0.717) is 11.2 Å². The van der Waals surface area contributed by atoms with E-state index < -0.39 is 39.8 Å². The van der Waals surface area contributed by atoms with Crippen LogP contribution in [0.4, 0.5) is 16.0 Å². The second kappa shape index (κ2) is 10.1. The predicted octanol–water partition coefficient (Wildman–Crippen LogP) is 1.53. The van der Waals surface area contributed by atoms with Crippen LogP contribution in [-0.4, -0.2) is 72.0 Å². The number of carbonyl (C=O) groups is 2. The number of aromatic nitrogens is 2. The van der Waals surface area contributed by atoms with Gasteiger partial charge in [-0.1, -0.05) is 12.1 Å². The molecule has 38 heavy (non-hydrogen) atoms. The Labute approximate surface area is 218 Å². The van der Waals surface area contributed by atoms with Crippen LogP contribution in [0.1, 0.15) is 24.8 Å². The Bertz CT molecular complexity index is 1490. The van der Waals surface area contributed by atoms with E-state index in [0.717, 1.165) is 30.8 Å². The zero-order valence-corrected chi connectivity index (χ0v) is 21.2. The van der Waals surface area contributed by atoms with Gasteiger partial charge in [0.1, 0.15) is 34.4 Å². The molecule has 2 aliphatic rings. The number of pyridine rings is 2. The van der Waals surface area contributed by atoms with E-state index >= 15 is 4.39 Å². The van der Waals surface area contributed by atoms with Gasteiger partial charge in [-0.05, 0) is 43.0 Å². The number of anilines is 2. The van der Waals surface area contributed by atoms with Gasteiger partial charge in [0.2, 0.25) is 15.9 Å². The third-order valence-electron chi connectivity index (χ3n) is 7.06. The van der Waals surface area contributed by atoms with Gasteiger partial charge in [-0.3, -0.25) is 4.79 Å². The maximum absolute atomic E-state index is 15.2. The fraction of sp³-hybridized carbons (Fsp3) is 0.360. The lowest BCUT2D eigenvalue weighted by Gasteiger charge is -2.25. The molecule has 0 spiro atoms. The number of hydrogen-bond donors (Lipinski definition) is 3. The number of nitrogens with two attached hydrogens (primary N) is 1. The first-order chi connectivity index (χ1) is 18.2. The first-order valence-electron chi connectivity index (χ1n) is 12.2. The Kier molecular flexibility index (Phi) is 6.88. The van der Waals surface area contributed by atoms with Gasteiger partial charge in [0.05, 0.1) is 0 Å². The molecule has 2 aromatic heterocycles. The third-order valence-corrected chi connectivity index (χ3v) is 8.52. The van der Waals surface area contributed by atoms with Gasteiger partial charge in [0, 0.05) is 49.2 Å². The highest BCUT2D eigenvalue weighted by Gasteiger charge is 2.41. The van der Waals surface area contributed by atoms with Crippen LogP contribution < -0.4 is 15.4 Å². The van der Waals surface area contributed by atoms with Gasteiger partial charge in [0.15, 0.2) is 0 Å². The molecule has 4 N–H and O–H groups in total. The summed E-state index contributed by atoms with van der Waals surface area (Å²) in [6.07, 6.45) is 4.49. The average Bonchev–Trinajstić information content (AvgIpc) is 3.55. The van der Waals surface area contributed by atoms with Crippen LogP contribution in [0.5, 0.6) is 0 Å². The lowest BCUT2D eigenvalue weighted by Crippen LogP contribution is -2.48. The summed E-state index contributed by atoms with van der Waals surface area (Å²) in [4.78, 5) is 36.5. The molecule has 5 rings (SSSR count). The minimum atomic E-state index is -4.08. The number of carboxylic acid groups (broad SMARTS) is 1. The van der Waals surface area contributed by atoms with Crippen LogP contribution in [0, 0.1) is 5.82 Å². The van der Waals surface area contributed by atoms with Gasteiger partial charge in [-0.25, -0.2) is 27.6 Å². The van der Waals surface area contributed by atoms with Crippen molar-refractivity contribution in [2.45, 2.75) is 42.7 Å². The molecule has 0 saturated carbocycles. The molecule has 200 valence electrons. The number of halogens is 1. The van der Waals surface area contributed by atoms with Crippen molar-refractivity contribution in [2.24, 2.45) is 0 Å². The van der Waals surface area contributed by atoms with E-state index in [9.17, 15) is 23.1 Å². The van der Waals surface area contributed by atoms with Crippen molar-refractivity contribution >= 4 is 44.3 Å².